The number of carbonyl (C=O) groups excluding carboxylic acids is 4. The fourth-order valence-electron chi connectivity index (χ4n) is 7.18. The zero-order valence-electron chi connectivity index (χ0n) is 31.2. The smallest absolute Gasteiger partial charge is 0.321 e. The fourth-order valence-corrected chi connectivity index (χ4v) is 7.18. The Morgan fingerprint density at radius 2 is 0.768 bits per heavy atom. The first kappa shape index (κ1) is 41.2. The molecule has 14 heteroatoms. The molecule has 4 aromatic rings. The van der Waals surface area contributed by atoms with Crippen LogP contribution in [-0.2, 0) is 9.59 Å². The molecule has 0 aromatic heterocycles. The third-order valence-electron chi connectivity index (χ3n) is 10.6. The number of primary amides is 2. The van der Waals surface area contributed by atoms with E-state index in [9.17, 15) is 36.7 Å². The summed E-state index contributed by atoms with van der Waals surface area (Å²) in [6.45, 7) is 0. The highest BCUT2D eigenvalue weighted by Crippen LogP contribution is 2.30. The number of hydrogen-bond acceptors (Lipinski definition) is 4. The van der Waals surface area contributed by atoms with Crippen molar-refractivity contribution in [1.29, 1.82) is 0 Å². The maximum Gasteiger partial charge on any atom is 0.321 e. The van der Waals surface area contributed by atoms with Crippen molar-refractivity contribution in [3.05, 3.63) is 108 Å². The van der Waals surface area contributed by atoms with E-state index in [1.807, 2.05) is 0 Å². The summed E-state index contributed by atoms with van der Waals surface area (Å²) in [6.07, 6.45) is 5.71. The van der Waals surface area contributed by atoms with E-state index >= 15 is 0 Å². The number of urea groups is 2. The van der Waals surface area contributed by atoms with Crippen LogP contribution in [0.2, 0.25) is 0 Å². The normalized spacial score (nSPS) is 19.1. The molecule has 0 spiro atoms. The minimum Gasteiger partial charge on any atom is -0.369 e. The van der Waals surface area contributed by atoms with Gasteiger partial charge in [0.05, 0.1) is 0 Å². The van der Waals surface area contributed by atoms with Gasteiger partial charge in [-0.1, -0.05) is 24.3 Å². The van der Waals surface area contributed by atoms with E-state index in [1.54, 1.807) is 72.4 Å². The van der Waals surface area contributed by atoms with Crippen molar-refractivity contribution in [3.8, 4) is 22.3 Å². The van der Waals surface area contributed by atoms with Gasteiger partial charge in [-0.15, -0.1) is 0 Å². The second-order valence-electron chi connectivity index (χ2n) is 14.4. The van der Waals surface area contributed by atoms with Crippen LogP contribution >= 0.6 is 0 Å². The van der Waals surface area contributed by atoms with Crippen molar-refractivity contribution in [1.82, 2.24) is 9.80 Å². The maximum atomic E-state index is 13.4. The van der Waals surface area contributed by atoms with Gasteiger partial charge in [0.25, 0.3) is 0 Å². The first-order chi connectivity index (χ1) is 26.7. The highest BCUT2D eigenvalue weighted by molar-refractivity contribution is 5.90. The number of rotatable bonds is 8. The van der Waals surface area contributed by atoms with Crippen LogP contribution in [0.15, 0.2) is 84.9 Å². The zero-order valence-corrected chi connectivity index (χ0v) is 31.2. The van der Waals surface area contributed by atoms with Crippen LogP contribution in [0.1, 0.15) is 51.4 Å². The van der Waals surface area contributed by atoms with Crippen molar-refractivity contribution in [3.63, 3.8) is 0 Å². The van der Waals surface area contributed by atoms with E-state index < -0.39 is 23.3 Å². The number of carbonyl (C=O) groups is 4. The molecule has 0 bridgehead atoms. The molecule has 0 atom stereocenters. The number of halogens is 4. The number of nitrogens with two attached hydrogens (primary N) is 2. The number of hydrogen-bond donors (Lipinski definition) is 4. The minimum atomic E-state index is -0.639. The fraction of sp³-hybridized carbons (Fsp3) is 0.333. The summed E-state index contributed by atoms with van der Waals surface area (Å²) in [7, 11) is 3.46. The Balaban J connectivity index is 0.000000214. The molecule has 2 aliphatic carbocycles. The molecule has 296 valence electrons. The van der Waals surface area contributed by atoms with E-state index in [0.29, 0.717) is 59.3 Å². The molecule has 2 aliphatic rings. The molecule has 2 saturated carbocycles. The Morgan fingerprint density at radius 1 is 0.482 bits per heavy atom. The van der Waals surface area contributed by atoms with Crippen LogP contribution in [0.3, 0.4) is 0 Å². The number of nitrogens with one attached hydrogen (secondary N) is 2. The molecule has 2 fully saturated rings. The van der Waals surface area contributed by atoms with Crippen LogP contribution in [-0.4, -0.2) is 59.9 Å². The summed E-state index contributed by atoms with van der Waals surface area (Å²) in [5.41, 5.74) is 14.0. The topological polar surface area (TPSA) is 151 Å². The molecule has 10 nitrogen and oxygen atoms in total. The first-order valence-corrected chi connectivity index (χ1v) is 18.5. The Morgan fingerprint density at radius 3 is 1.04 bits per heavy atom. The Kier molecular flexibility index (Phi) is 13.7. The third kappa shape index (κ3) is 11.1. The second-order valence-corrected chi connectivity index (χ2v) is 14.4. The van der Waals surface area contributed by atoms with Gasteiger partial charge in [0.2, 0.25) is 11.8 Å². The van der Waals surface area contributed by atoms with Crippen LogP contribution in [0.25, 0.3) is 22.3 Å². The molecule has 6 amide bonds. The van der Waals surface area contributed by atoms with Gasteiger partial charge < -0.3 is 31.9 Å². The van der Waals surface area contributed by atoms with Crippen molar-refractivity contribution in [2.24, 2.45) is 23.3 Å². The highest BCUT2D eigenvalue weighted by atomic mass is 19.1. The van der Waals surface area contributed by atoms with Crippen LogP contribution < -0.4 is 22.1 Å². The summed E-state index contributed by atoms with van der Waals surface area (Å²) < 4.78 is 53.5. The van der Waals surface area contributed by atoms with E-state index in [0.717, 1.165) is 37.8 Å². The lowest BCUT2D eigenvalue weighted by molar-refractivity contribution is -0.123. The van der Waals surface area contributed by atoms with Crippen molar-refractivity contribution in [2.45, 2.75) is 63.5 Å². The third-order valence-corrected chi connectivity index (χ3v) is 10.6. The molecular formula is C42H46F4N6O4. The standard InChI is InChI=1S/2C21H23F2N3O2/c2*1-26(19-8-4-14(5-9-19)20(24)27)21(28)25-18-6-2-13(3-7-18)15-10-16(22)12-17(23)11-15/h2*2-3,6-7,10-12,14,19H,4-5,8-9H2,1H3,(H2,24,27)(H,25,28). The van der Waals surface area contributed by atoms with Gasteiger partial charge in [-0.05, 0) is 122 Å². The highest BCUT2D eigenvalue weighted by Gasteiger charge is 2.30. The van der Waals surface area contributed by atoms with Gasteiger partial charge in [0.1, 0.15) is 23.3 Å². The van der Waals surface area contributed by atoms with Crippen LogP contribution in [0.4, 0.5) is 38.5 Å². The number of amides is 6. The molecule has 0 unspecified atom stereocenters. The molecular weight excluding hydrogens is 728 g/mol. The predicted molar refractivity (Wildman–Crippen MR) is 207 cm³/mol. The van der Waals surface area contributed by atoms with Crippen LogP contribution in [0.5, 0.6) is 0 Å². The average molecular weight is 775 g/mol. The lowest BCUT2D eigenvalue weighted by Crippen LogP contribution is -2.43. The summed E-state index contributed by atoms with van der Waals surface area (Å²) >= 11 is 0. The number of benzene rings is 4. The van der Waals surface area contributed by atoms with E-state index in [1.165, 1.54) is 24.3 Å². The van der Waals surface area contributed by atoms with Gasteiger partial charge >= 0.3 is 12.1 Å². The van der Waals surface area contributed by atoms with Gasteiger partial charge in [-0.3, -0.25) is 9.59 Å². The van der Waals surface area contributed by atoms with E-state index in [2.05, 4.69) is 10.6 Å². The SMILES string of the molecule is CN(C(=O)Nc1ccc(-c2cc(F)cc(F)c2)cc1)C1CCC(C(N)=O)CC1.CN(C(=O)Nc1ccc(-c2cc(F)cc(F)c2)cc1)C1CCC(C(N)=O)CC1. The Labute approximate surface area is 323 Å². The second kappa shape index (κ2) is 18.6. The summed E-state index contributed by atoms with van der Waals surface area (Å²) in [5, 5.41) is 5.64. The lowest BCUT2D eigenvalue weighted by atomic mass is 9.85. The first-order valence-electron chi connectivity index (χ1n) is 18.5. The van der Waals surface area contributed by atoms with Crippen LogP contribution in [0, 0.1) is 35.1 Å². The summed E-state index contributed by atoms with van der Waals surface area (Å²) in [4.78, 5) is 50.8. The van der Waals surface area contributed by atoms with E-state index in [4.69, 9.17) is 11.5 Å². The molecule has 4 aromatic carbocycles. The summed E-state index contributed by atoms with van der Waals surface area (Å²) in [5.74, 6) is -3.31. The monoisotopic (exact) mass is 774 g/mol. The van der Waals surface area contributed by atoms with Gasteiger partial charge in [-0.25, -0.2) is 27.2 Å². The quantitative estimate of drug-likeness (QED) is 0.133. The van der Waals surface area contributed by atoms with Crippen molar-refractivity contribution in [2.75, 3.05) is 24.7 Å². The summed E-state index contributed by atoms with van der Waals surface area (Å²) in [6, 6.07) is 19.8. The predicted octanol–water partition coefficient (Wildman–Crippen LogP) is 8.28. The molecule has 0 heterocycles. The van der Waals surface area contributed by atoms with Gasteiger partial charge in [0.15, 0.2) is 0 Å². The lowest BCUT2D eigenvalue weighted by Gasteiger charge is -2.33. The molecule has 56 heavy (non-hydrogen) atoms. The Bertz CT molecular complexity index is 1830. The van der Waals surface area contributed by atoms with Crippen molar-refractivity contribution >= 4 is 35.3 Å². The molecule has 6 N–H and O–H groups in total. The van der Waals surface area contributed by atoms with Gasteiger partial charge in [-0.2, -0.15) is 0 Å². The molecule has 0 aliphatic heterocycles. The molecule has 0 saturated heterocycles. The molecule has 0 radical (unpaired) electrons. The van der Waals surface area contributed by atoms with Gasteiger partial charge in [0, 0.05) is 61.5 Å². The molecule has 6 rings (SSSR count). The number of anilines is 2. The Hall–Kier alpha value is -5.92. The van der Waals surface area contributed by atoms with Crippen molar-refractivity contribution < 1.29 is 36.7 Å². The number of nitrogens with zero attached hydrogens (tertiary/aromatic N) is 2. The zero-order chi connectivity index (χ0) is 40.5. The maximum absolute atomic E-state index is 13.4. The van der Waals surface area contributed by atoms with E-state index in [-0.39, 0.29) is 47.8 Å². The largest absolute Gasteiger partial charge is 0.369 e. The average Bonchev–Trinajstić information content (AvgIpc) is 3.17. The minimum absolute atomic E-state index is 0.0603.